The van der Waals surface area contributed by atoms with Crippen LogP contribution >= 0.6 is 11.6 Å². The number of benzene rings is 2. The smallest absolute Gasteiger partial charge is 0.264 e. The number of H-pyrrole nitrogens is 1. The summed E-state index contributed by atoms with van der Waals surface area (Å²) in [6.07, 6.45) is 4.11. The van der Waals surface area contributed by atoms with Crippen molar-refractivity contribution in [2.24, 2.45) is 0 Å². The third-order valence-electron chi connectivity index (χ3n) is 3.75. The van der Waals surface area contributed by atoms with Crippen LogP contribution in [0, 0.1) is 12.7 Å². The van der Waals surface area contributed by atoms with Crippen molar-refractivity contribution in [2.45, 2.75) is 11.8 Å². The van der Waals surface area contributed by atoms with Gasteiger partial charge < -0.3 is 4.98 Å². The maximum Gasteiger partial charge on any atom is 0.264 e. The number of aromatic nitrogens is 1. The van der Waals surface area contributed by atoms with Crippen LogP contribution in [0.5, 0.6) is 0 Å². The first-order chi connectivity index (χ1) is 12.3. The van der Waals surface area contributed by atoms with Crippen LogP contribution in [0.25, 0.3) is 17.0 Å². The molecule has 0 atom stereocenters. The van der Waals surface area contributed by atoms with Crippen molar-refractivity contribution in [3.05, 3.63) is 70.6 Å². The summed E-state index contributed by atoms with van der Waals surface area (Å²) in [7, 11) is -4.05. The summed E-state index contributed by atoms with van der Waals surface area (Å²) in [6.45, 7) is 1.83. The average molecular weight is 393 g/mol. The quantitative estimate of drug-likeness (QED) is 0.663. The highest BCUT2D eigenvalue weighted by Crippen LogP contribution is 2.24. The maximum absolute atomic E-state index is 13.8. The van der Waals surface area contributed by atoms with Crippen LogP contribution < -0.4 is 4.72 Å². The highest BCUT2D eigenvalue weighted by atomic mass is 35.5. The van der Waals surface area contributed by atoms with Gasteiger partial charge in [-0.25, -0.2) is 17.5 Å². The first-order valence-corrected chi connectivity index (χ1v) is 9.40. The van der Waals surface area contributed by atoms with E-state index in [1.165, 1.54) is 42.5 Å². The van der Waals surface area contributed by atoms with Crippen LogP contribution in [0.2, 0.25) is 5.02 Å². The highest BCUT2D eigenvalue weighted by Gasteiger charge is 2.16. The second-order valence-electron chi connectivity index (χ2n) is 5.65. The third-order valence-corrected chi connectivity index (χ3v) is 5.33. The molecule has 0 saturated heterocycles. The Kier molecular flexibility index (Phi) is 4.84. The average Bonchev–Trinajstić information content (AvgIpc) is 2.93. The lowest BCUT2D eigenvalue weighted by atomic mass is 10.1. The van der Waals surface area contributed by atoms with E-state index in [9.17, 15) is 17.6 Å². The SMILES string of the molecule is Cc1c[nH]c2c(C=CC(=O)NS(=O)(=O)c3cccc(Cl)c3)cc(F)cc12. The molecule has 3 rings (SSSR count). The normalized spacial score (nSPS) is 12.0. The summed E-state index contributed by atoms with van der Waals surface area (Å²) in [5, 5.41) is 0.928. The largest absolute Gasteiger partial charge is 0.360 e. The van der Waals surface area contributed by atoms with Gasteiger partial charge in [0, 0.05) is 28.2 Å². The van der Waals surface area contributed by atoms with Crippen molar-refractivity contribution in [2.75, 3.05) is 0 Å². The number of aryl methyl sites for hydroxylation is 1. The molecule has 26 heavy (non-hydrogen) atoms. The first-order valence-electron chi connectivity index (χ1n) is 7.54. The summed E-state index contributed by atoms with van der Waals surface area (Å²) < 4.78 is 40.0. The number of halogens is 2. The van der Waals surface area contributed by atoms with Crippen LogP contribution in [0.1, 0.15) is 11.1 Å². The first kappa shape index (κ1) is 18.2. The molecule has 2 aromatic carbocycles. The number of carbonyl (C=O) groups excluding carboxylic acids is 1. The van der Waals surface area contributed by atoms with Crippen LogP contribution in [0.4, 0.5) is 4.39 Å². The molecule has 0 aliphatic carbocycles. The Balaban J connectivity index is 1.84. The van der Waals surface area contributed by atoms with Crippen molar-refractivity contribution < 1.29 is 17.6 Å². The molecule has 1 amide bonds. The molecule has 8 heteroatoms. The van der Waals surface area contributed by atoms with Crippen LogP contribution in [-0.2, 0) is 14.8 Å². The Morgan fingerprint density at radius 3 is 2.77 bits per heavy atom. The van der Waals surface area contributed by atoms with Gasteiger partial charge in [0.05, 0.1) is 10.4 Å². The minimum absolute atomic E-state index is 0.125. The Hall–Kier alpha value is -2.64. The number of fused-ring (bicyclic) bond motifs is 1. The minimum Gasteiger partial charge on any atom is -0.360 e. The topological polar surface area (TPSA) is 79.0 Å². The van der Waals surface area contributed by atoms with Gasteiger partial charge in [-0.15, -0.1) is 0 Å². The number of carbonyl (C=O) groups is 1. The molecule has 1 aromatic heterocycles. The van der Waals surface area contributed by atoms with Gasteiger partial charge in [0.2, 0.25) is 0 Å². The number of rotatable bonds is 4. The van der Waals surface area contributed by atoms with Crippen molar-refractivity contribution in [3.8, 4) is 0 Å². The van der Waals surface area contributed by atoms with Gasteiger partial charge in [-0.3, -0.25) is 4.79 Å². The van der Waals surface area contributed by atoms with E-state index >= 15 is 0 Å². The number of aromatic amines is 1. The molecular weight excluding hydrogens is 379 g/mol. The summed E-state index contributed by atoms with van der Waals surface area (Å²) >= 11 is 5.77. The number of amides is 1. The third kappa shape index (κ3) is 3.79. The number of sulfonamides is 1. The van der Waals surface area contributed by atoms with Gasteiger partial charge >= 0.3 is 0 Å². The van der Waals surface area contributed by atoms with E-state index < -0.39 is 21.7 Å². The molecule has 2 N–H and O–H groups in total. The van der Waals surface area contributed by atoms with E-state index in [1.54, 1.807) is 6.20 Å². The zero-order valence-corrected chi connectivity index (χ0v) is 15.2. The molecule has 0 fully saturated rings. The van der Waals surface area contributed by atoms with Gasteiger partial charge in [0.25, 0.3) is 15.9 Å². The Morgan fingerprint density at radius 1 is 1.27 bits per heavy atom. The minimum atomic E-state index is -4.05. The molecule has 1 heterocycles. The van der Waals surface area contributed by atoms with Gasteiger partial charge in [-0.2, -0.15) is 0 Å². The number of nitrogens with one attached hydrogen (secondary N) is 2. The van der Waals surface area contributed by atoms with Crippen molar-refractivity contribution in [1.29, 1.82) is 0 Å². The fourth-order valence-electron chi connectivity index (χ4n) is 2.51. The molecule has 0 aliphatic heterocycles. The fourth-order valence-corrected chi connectivity index (χ4v) is 3.76. The second-order valence-corrected chi connectivity index (χ2v) is 7.77. The van der Waals surface area contributed by atoms with E-state index in [0.717, 1.165) is 11.6 Å². The van der Waals surface area contributed by atoms with Gasteiger partial charge in [-0.1, -0.05) is 17.7 Å². The predicted octanol–water partition coefficient (Wildman–Crippen LogP) is 3.79. The number of hydrogen-bond acceptors (Lipinski definition) is 3. The zero-order chi connectivity index (χ0) is 18.9. The molecule has 0 saturated carbocycles. The van der Waals surface area contributed by atoms with E-state index in [0.29, 0.717) is 16.5 Å². The Bertz CT molecular complexity index is 1140. The summed E-state index contributed by atoms with van der Waals surface area (Å²) in [4.78, 5) is 14.9. The van der Waals surface area contributed by atoms with E-state index in [2.05, 4.69) is 4.98 Å². The van der Waals surface area contributed by atoms with Crippen molar-refractivity contribution in [3.63, 3.8) is 0 Å². The molecule has 3 aromatic rings. The molecule has 0 unspecified atom stereocenters. The van der Waals surface area contributed by atoms with Gasteiger partial charge in [0.1, 0.15) is 5.82 Å². The molecule has 0 bridgehead atoms. The van der Waals surface area contributed by atoms with Gasteiger partial charge in [-0.05, 0) is 48.9 Å². The zero-order valence-electron chi connectivity index (χ0n) is 13.6. The Labute approximate surface area is 154 Å². The molecular formula is C18H14ClFN2O3S. The second kappa shape index (κ2) is 6.93. The summed E-state index contributed by atoms with van der Waals surface area (Å²) in [5.74, 6) is -1.31. The molecule has 134 valence electrons. The number of hydrogen-bond donors (Lipinski definition) is 2. The monoisotopic (exact) mass is 392 g/mol. The molecule has 5 nitrogen and oxygen atoms in total. The fraction of sp³-hybridized carbons (Fsp3) is 0.0556. The van der Waals surface area contributed by atoms with Crippen LogP contribution in [0.15, 0.2) is 53.6 Å². The van der Waals surface area contributed by atoms with Crippen LogP contribution in [0.3, 0.4) is 0 Å². The van der Waals surface area contributed by atoms with E-state index in [4.69, 9.17) is 11.6 Å². The standard InChI is InChI=1S/C18H14ClFN2O3S/c1-11-10-21-18-12(7-14(20)9-16(11)18)5-6-17(23)22-26(24,25)15-4-2-3-13(19)8-15/h2-10,21H,1H3,(H,22,23). The maximum atomic E-state index is 13.8. The molecule has 0 spiro atoms. The highest BCUT2D eigenvalue weighted by molar-refractivity contribution is 7.90. The Morgan fingerprint density at radius 2 is 2.04 bits per heavy atom. The van der Waals surface area contributed by atoms with Gasteiger partial charge in [0.15, 0.2) is 0 Å². The predicted molar refractivity (Wildman–Crippen MR) is 98.8 cm³/mol. The summed E-state index contributed by atoms with van der Waals surface area (Å²) in [6, 6.07) is 8.20. The van der Waals surface area contributed by atoms with Crippen molar-refractivity contribution in [1.82, 2.24) is 9.71 Å². The summed E-state index contributed by atoms with van der Waals surface area (Å²) in [5.41, 5.74) is 1.95. The molecule has 0 aliphatic rings. The molecule has 0 radical (unpaired) electrons. The lowest BCUT2D eigenvalue weighted by Crippen LogP contribution is -2.28. The lowest BCUT2D eigenvalue weighted by Gasteiger charge is -2.05. The van der Waals surface area contributed by atoms with E-state index in [1.807, 2.05) is 11.6 Å². The lowest BCUT2D eigenvalue weighted by molar-refractivity contribution is -0.114. The van der Waals surface area contributed by atoms with Crippen LogP contribution in [-0.4, -0.2) is 19.3 Å². The van der Waals surface area contributed by atoms with Crippen molar-refractivity contribution >= 4 is 44.5 Å². The van der Waals surface area contributed by atoms with E-state index in [-0.39, 0.29) is 9.92 Å².